The van der Waals surface area contributed by atoms with Gasteiger partial charge in [0.2, 0.25) is 0 Å². The number of fused-ring (bicyclic) bond motifs is 1. The molecule has 0 unspecified atom stereocenters. The summed E-state index contributed by atoms with van der Waals surface area (Å²) in [4.78, 5) is 30.1. The van der Waals surface area contributed by atoms with Gasteiger partial charge in [-0.05, 0) is 53.6 Å². The Morgan fingerprint density at radius 2 is 1.53 bits per heavy atom. The second-order valence-electron chi connectivity index (χ2n) is 7.29. The number of nitrogens with zero attached hydrogens (tertiary/aromatic N) is 2. The fraction of sp³-hybridized carbons (Fsp3) is 0.160. The highest BCUT2D eigenvalue weighted by atomic mass is 16.5. The Kier molecular flexibility index (Phi) is 6.17. The zero-order valence-corrected chi connectivity index (χ0v) is 17.9. The number of ether oxygens (including phenoxy) is 2. The molecule has 0 aliphatic heterocycles. The molecule has 0 saturated carbocycles. The van der Waals surface area contributed by atoms with E-state index in [9.17, 15) is 9.59 Å². The van der Waals surface area contributed by atoms with Crippen molar-refractivity contribution in [1.29, 1.82) is 0 Å². The zero-order chi connectivity index (χ0) is 22.5. The Labute approximate surface area is 185 Å². The summed E-state index contributed by atoms with van der Waals surface area (Å²) in [7, 11) is 3.22. The van der Waals surface area contributed by atoms with Crippen LogP contribution in [-0.2, 0) is 13.1 Å². The molecule has 0 spiro atoms. The van der Waals surface area contributed by atoms with Crippen LogP contribution in [-0.4, -0.2) is 29.7 Å². The molecule has 0 atom stereocenters. The van der Waals surface area contributed by atoms with Gasteiger partial charge in [0, 0.05) is 12.1 Å². The highest BCUT2D eigenvalue weighted by Gasteiger charge is 2.11. The molecule has 0 radical (unpaired) electrons. The summed E-state index contributed by atoms with van der Waals surface area (Å²) in [6.07, 6.45) is 1.53. The van der Waals surface area contributed by atoms with Gasteiger partial charge in [0.15, 0.2) is 0 Å². The predicted molar refractivity (Wildman–Crippen MR) is 122 cm³/mol. The van der Waals surface area contributed by atoms with Gasteiger partial charge in [0.25, 0.3) is 11.5 Å². The molecule has 0 aliphatic carbocycles. The Morgan fingerprint density at radius 3 is 2.16 bits per heavy atom. The smallest absolute Gasteiger partial charge is 0.261 e. The van der Waals surface area contributed by atoms with Crippen LogP contribution in [0, 0.1) is 0 Å². The summed E-state index contributed by atoms with van der Waals surface area (Å²) in [5.74, 6) is 1.25. The van der Waals surface area contributed by atoms with Gasteiger partial charge in [-0.3, -0.25) is 14.2 Å². The minimum Gasteiger partial charge on any atom is -0.497 e. The molecule has 32 heavy (non-hydrogen) atoms. The van der Waals surface area contributed by atoms with Gasteiger partial charge in [-0.15, -0.1) is 0 Å². The van der Waals surface area contributed by atoms with E-state index in [4.69, 9.17) is 9.47 Å². The molecule has 162 valence electrons. The number of carbonyl (C=O) groups is 1. The van der Waals surface area contributed by atoms with E-state index in [1.54, 1.807) is 32.4 Å². The lowest BCUT2D eigenvalue weighted by molar-refractivity contribution is 0.0951. The first-order chi connectivity index (χ1) is 15.6. The zero-order valence-electron chi connectivity index (χ0n) is 17.9. The molecule has 0 aliphatic rings. The van der Waals surface area contributed by atoms with E-state index in [0.717, 1.165) is 22.6 Å². The SMILES string of the molecule is COc1ccc(CNC(=O)c2ccc3ncn(Cc4ccc(OC)cc4)c(=O)c3c2)cc1. The molecule has 3 aromatic carbocycles. The number of benzene rings is 3. The number of amides is 1. The lowest BCUT2D eigenvalue weighted by Crippen LogP contribution is -2.24. The largest absolute Gasteiger partial charge is 0.497 e. The summed E-state index contributed by atoms with van der Waals surface area (Å²) in [5.41, 5.74) is 2.65. The molecule has 1 amide bonds. The molecule has 0 bridgehead atoms. The van der Waals surface area contributed by atoms with Crippen LogP contribution in [0.4, 0.5) is 0 Å². The van der Waals surface area contributed by atoms with Gasteiger partial charge >= 0.3 is 0 Å². The number of hydrogen-bond donors (Lipinski definition) is 1. The van der Waals surface area contributed by atoms with E-state index in [-0.39, 0.29) is 11.5 Å². The molecule has 1 N–H and O–H groups in total. The molecule has 4 aromatic rings. The number of carbonyl (C=O) groups excluding carboxylic acids is 1. The molecule has 4 rings (SSSR count). The van der Waals surface area contributed by atoms with Gasteiger partial charge < -0.3 is 14.8 Å². The second-order valence-corrected chi connectivity index (χ2v) is 7.29. The lowest BCUT2D eigenvalue weighted by Gasteiger charge is -2.09. The normalized spacial score (nSPS) is 10.7. The summed E-state index contributed by atoms with van der Waals surface area (Å²) >= 11 is 0. The van der Waals surface area contributed by atoms with Crippen LogP contribution >= 0.6 is 0 Å². The predicted octanol–water partition coefficient (Wildman–Crippen LogP) is 3.39. The first-order valence-electron chi connectivity index (χ1n) is 10.1. The Hall–Kier alpha value is -4.13. The summed E-state index contributed by atoms with van der Waals surface area (Å²) in [6, 6.07) is 19.9. The molecule has 1 heterocycles. The van der Waals surface area contributed by atoms with Crippen molar-refractivity contribution in [1.82, 2.24) is 14.9 Å². The van der Waals surface area contributed by atoms with Crippen molar-refractivity contribution < 1.29 is 14.3 Å². The van der Waals surface area contributed by atoms with Crippen LogP contribution < -0.4 is 20.3 Å². The topological polar surface area (TPSA) is 82.4 Å². The molecular weight excluding hydrogens is 406 g/mol. The van der Waals surface area contributed by atoms with Gasteiger partial charge in [-0.1, -0.05) is 24.3 Å². The molecule has 0 fully saturated rings. The van der Waals surface area contributed by atoms with E-state index in [2.05, 4.69) is 10.3 Å². The first-order valence-corrected chi connectivity index (χ1v) is 10.1. The van der Waals surface area contributed by atoms with Gasteiger partial charge in [-0.2, -0.15) is 0 Å². The van der Waals surface area contributed by atoms with Crippen LogP contribution in [0.2, 0.25) is 0 Å². The van der Waals surface area contributed by atoms with E-state index in [1.165, 1.54) is 10.9 Å². The fourth-order valence-electron chi connectivity index (χ4n) is 3.37. The average Bonchev–Trinajstić information content (AvgIpc) is 2.85. The van der Waals surface area contributed by atoms with Gasteiger partial charge in [0.1, 0.15) is 11.5 Å². The van der Waals surface area contributed by atoms with Crippen LogP contribution in [0.5, 0.6) is 11.5 Å². The molecule has 7 nitrogen and oxygen atoms in total. The number of hydrogen-bond acceptors (Lipinski definition) is 5. The van der Waals surface area contributed by atoms with Crippen LogP contribution in [0.25, 0.3) is 10.9 Å². The molecular formula is C25H23N3O4. The maximum Gasteiger partial charge on any atom is 0.261 e. The van der Waals surface area contributed by atoms with Crippen LogP contribution in [0.15, 0.2) is 77.9 Å². The molecule has 7 heteroatoms. The number of rotatable bonds is 7. The van der Waals surface area contributed by atoms with Gasteiger partial charge in [-0.25, -0.2) is 4.98 Å². The Bertz CT molecular complexity index is 1300. The number of aromatic nitrogens is 2. The van der Waals surface area contributed by atoms with Crippen molar-refractivity contribution in [2.45, 2.75) is 13.1 Å². The second kappa shape index (κ2) is 9.34. The highest BCUT2D eigenvalue weighted by molar-refractivity contribution is 5.97. The number of methoxy groups -OCH3 is 2. The standard InChI is InChI=1S/C25H23N3O4/c1-31-20-8-3-17(4-9-20)14-26-24(29)19-7-12-23-22(13-19)25(30)28(16-27-23)15-18-5-10-21(32-2)11-6-18/h3-13,16H,14-15H2,1-2H3,(H,26,29). The first kappa shape index (κ1) is 21.1. The summed E-state index contributed by atoms with van der Waals surface area (Å²) in [6.45, 7) is 0.745. The lowest BCUT2D eigenvalue weighted by atomic mass is 10.1. The fourth-order valence-corrected chi connectivity index (χ4v) is 3.37. The minimum atomic E-state index is -0.257. The van der Waals surface area contributed by atoms with E-state index >= 15 is 0 Å². The maximum atomic E-state index is 13.0. The van der Waals surface area contributed by atoms with Crippen LogP contribution in [0.1, 0.15) is 21.5 Å². The van der Waals surface area contributed by atoms with E-state index in [1.807, 2.05) is 48.5 Å². The summed E-state index contributed by atoms with van der Waals surface area (Å²) in [5, 5.41) is 3.28. The highest BCUT2D eigenvalue weighted by Crippen LogP contribution is 2.14. The third-order valence-corrected chi connectivity index (χ3v) is 5.21. The van der Waals surface area contributed by atoms with Crippen molar-refractivity contribution in [2.75, 3.05) is 14.2 Å². The monoisotopic (exact) mass is 429 g/mol. The van der Waals surface area contributed by atoms with Crippen molar-refractivity contribution >= 4 is 16.8 Å². The van der Waals surface area contributed by atoms with Crippen LogP contribution in [0.3, 0.4) is 0 Å². The van der Waals surface area contributed by atoms with Crippen molar-refractivity contribution in [3.8, 4) is 11.5 Å². The van der Waals surface area contributed by atoms with Crippen molar-refractivity contribution in [3.63, 3.8) is 0 Å². The summed E-state index contributed by atoms with van der Waals surface area (Å²) < 4.78 is 11.8. The quantitative estimate of drug-likeness (QED) is 0.487. The third-order valence-electron chi connectivity index (χ3n) is 5.21. The Balaban J connectivity index is 1.53. The van der Waals surface area contributed by atoms with Crippen molar-refractivity contribution in [2.24, 2.45) is 0 Å². The van der Waals surface area contributed by atoms with E-state index in [0.29, 0.717) is 29.6 Å². The number of nitrogens with one attached hydrogen (secondary N) is 1. The van der Waals surface area contributed by atoms with E-state index < -0.39 is 0 Å². The third kappa shape index (κ3) is 4.62. The molecule has 1 aromatic heterocycles. The average molecular weight is 429 g/mol. The minimum absolute atomic E-state index is 0.198. The van der Waals surface area contributed by atoms with Crippen molar-refractivity contribution in [3.05, 3.63) is 100 Å². The maximum absolute atomic E-state index is 13.0. The Morgan fingerprint density at radius 1 is 0.906 bits per heavy atom. The molecule has 0 saturated heterocycles. The van der Waals surface area contributed by atoms with Gasteiger partial charge in [0.05, 0.1) is 38.0 Å².